The molecule has 4 aromatic rings. The van der Waals surface area contributed by atoms with Crippen LogP contribution >= 0.6 is 0 Å². The first-order valence-electron chi connectivity index (χ1n) is 6.88. The number of aromatic hydroxyl groups is 1. The molecule has 7 nitrogen and oxygen atoms in total. The van der Waals surface area contributed by atoms with E-state index in [0.29, 0.717) is 34.2 Å². The summed E-state index contributed by atoms with van der Waals surface area (Å²) in [5, 5.41) is 22.4. The number of nitrogens with one attached hydrogen (secondary N) is 1. The van der Waals surface area contributed by atoms with Crippen molar-refractivity contribution in [3.63, 3.8) is 0 Å². The molecule has 0 aliphatic carbocycles. The van der Waals surface area contributed by atoms with E-state index in [1.165, 1.54) is 0 Å². The second-order valence-electron chi connectivity index (χ2n) is 5.01. The lowest BCUT2D eigenvalue weighted by atomic mass is 10.2. The predicted molar refractivity (Wildman–Crippen MR) is 84.1 cm³/mol. The molecule has 4 rings (SSSR count). The summed E-state index contributed by atoms with van der Waals surface area (Å²) in [7, 11) is 1.78. The molecule has 0 saturated heterocycles. The van der Waals surface area contributed by atoms with E-state index in [0.717, 1.165) is 5.39 Å². The molecule has 2 N–H and O–H groups in total. The molecule has 0 aliphatic rings. The number of imidazole rings is 1. The fourth-order valence-corrected chi connectivity index (χ4v) is 2.57. The molecule has 0 aliphatic heterocycles. The summed E-state index contributed by atoms with van der Waals surface area (Å²) in [6.45, 7) is 0. The third kappa shape index (κ3) is 1.97. The van der Waals surface area contributed by atoms with E-state index < -0.39 is 0 Å². The molecule has 112 valence electrons. The fourth-order valence-electron chi connectivity index (χ4n) is 2.57. The number of furan rings is 1. The lowest BCUT2D eigenvalue weighted by molar-refractivity contribution is 0.476. The molecular weight excluding hydrogens is 294 g/mol. The number of aromatic nitrogens is 3. The maximum Gasteiger partial charge on any atom is 0.157 e. The third-order valence-electron chi connectivity index (χ3n) is 3.60. The Morgan fingerprint density at radius 3 is 2.96 bits per heavy atom. The van der Waals surface area contributed by atoms with Gasteiger partial charge in [-0.1, -0.05) is 0 Å². The Kier molecular flexibility index (Phi) is 2.71. The second kappa shape index (κ2) is 4.74. The van der Waals surface area contributed by atoms with E-state index in [1.54, 1.807) is 42.0 Å². The molecule has 23 heavy (non-hydrogen) atoms. The number of nitrogens with zero attached hydrogens (tertiary/aromatic N) is 4. The Balaban J connectivity index is 1.97. The highest BCUT2D eigenvalue weighted by Gasteiger charge is 2.17. The minimum atomic E-state index is 0.177. The van der Waals surface area contributed by atoms with Crippen molar-refractivity contribution < 1.29 is 9.52 Å². The summed E-state index contributed by atoms with van der Waals surface area (Å²) < 4.78 is 7.58. The average molecular weight is 305 g/mol. The molecule has 7 heteroatoms. The molecule has 0 radical (unpaired) electrons. The SMILES string of the molecule is CNc1c(-c2cc3cc(O)ccc3o2)nc2cc(C#N)ncn12. The van der Waals surface area contributed by atoms with E-state index in [-0.39, 0.29) is 5.75 Å². The van der Waals surface area contributed by atoms with Gasteiger partial charge in [0.1, 0.15) is 46.6 Å². The quantitative estimate of drug-likeness (QED) is 0.590. The normalized spacial score (nSPS) is 11.0. The Hall–Kier alpha value is -3.53. The van der Waals surface area contributed by atoms with Gasteiger partial charge in [-0.3, -0.25) is 4.40 Å². The number of rotatable bonds is 2. The number of anilines is 1. The van der Waals surface area contributed by atoms with Crippen LogP contribution in [0.2, 0.25) is 0 Å². The molecule has 0 saturated carbocycles. The minimum absolute atomic E-state index is 0.177. The van der Waals surface area contributed by atoms with Gasteiger partial charge in [-0.05, 0) is 24.3 Å². The van der Waals surface area contributed by atoms with Gasteiger partial charge in [-0.15, -0.1) is 0 Å². The van der Waals surface area contributed by atoms with Crippen LogP contribution < -0.4 is 5.32 Å². The third-order valence-corrected chi connectivity index (χ3v) is 3.60. The van der Waals surface area contributed by atoms with E-state index in [4.69, 9.17) is 9.68 Å². The molecular formula is C16H11N5O2. The summed E-state index contributed by atoms with van der Waals surface area (Å²) in [4.78, 5) is 8.59. The first-order valence-corrected chi connectivity index (χ1v) is 6.88. The van der Waals surface area contributed by atoms with Crippen LogP contribution in [0.4, 0.5) is 5.82 Å². The predicted octanol–water partition coefficient (Wildman–Crippen LogP) is 2.76. The van der Waals surface area contributed by atoms with Crippen molar-refractivity contribution in [1.82, 2.24) is 14.4 Å². The largest absolute Gasteiger partial charge is 0.508 e. The van der Waals surface area contributed by atoms with Crippen LogP contribution in [0.15, 0.2) is 41.1 Å². The smallest absolute Gasteiger partial charge is 0.157 e. The molecule has 0 amide bonds. The number of benzene rings is 1. The highest BCUT2D eigenvalue weighted by atomic mass is 16.3. The Bertz CT molecular complexity index is 1090. The summed E-state index contributed by atoms with van der Waals surface area (Å²) in [6, 6.07) is 10.3. The van der Waals surface area contributed by atoms with Gasteiger partial charge in [0.05, 0.1) is 0 Å². The van der Waals surface area contributed by atoms with Crippen LogP contribution in [0.1, 0.15) is 5.69 Å². The van der Waals surface area contributed by atoms with Gasteiger partial charge >= 0.3 is 0 Å². The maximum absolute atomic E-state index is 9.57. The van der Waals surface area contributed by atoms with Gasteiger partial charge in [0.25, 0.3) is 0 Å². The van der Waals surface area contributed by atoms with Crippen LogP contribution in [0.3, 0.4) is 0 Å². The first kappa shape index (κ1) is 13.2. The summed E-state index contributed by atoms with van der Waals surface area (Å²) in [5.41, 5.74) is 2.17. The lowest BCUT2D eigenvalue weighted by Crippen LogP contribution is -1.97. The molecule has 3 heterocycles. The number of hydrogen-bond acceptors (Lipinski definition) is 6. The summed E-state index contributed by atoms with van der Waals surface area (Å²) in [6.07, 6.45) is 1.55. The van der Waals surface area contributed by atoms with Crippen LogP contribution in [-0.4, -0.2) is 26.5 Å². The van der Waals surface area contributed by atoms with Gasteiger partial charge < -0.3 is 14.8 Å². The van der Waals surface area contributed by atoms with Crippen LogP contribution in [0.25, 0.3) is 28.1 Å². The van der Waals surface area contributed by atoms with Crippen molar-refractivity contribution in [2.45, 2.75) is 0 Å². The number of hydrogen-bond donors (Lipinski definition) is 2. The van der Waals surface area contributed by atoms with Crippen molar-refractivity contribution in [3.8, 4) is 23.3 Å². The standard InChI is InChI=1S/C16H11N5O2/c1-18-16-15(20-14-6-10(7-17)19-8-21(14)16)13-5-9-4-11(22)2-3-12(9)23-13/h2-6,8,18,22H,1H3. The van der Waals surface area contributed by atoms with Crippen molar-refractivity contribution in [2.75, 3.05) is 12.4 Å². The molecule has 0 atom stereocenters. The number of phenols is 1. The van der Waals surface area contributed by atoms with Crippen LogP contribution in [0.5, 0.6) is 5.75 Å². The molecule has 0 fully saturated rings. The van der Waals surface area contributed by atoms with Gasteiger partial charge in [-0.25, -0.2) is 9.97 Å². The molecule has 0 spiro atoms. The molecule has 0 bridgehead atoms. The van der Waals surface area contributed by atoms with E-state index in [9.17, 15) is 5.11 Å². The fraction of sp³-hybridized carbons (Fsp3) is 0.0625. The second-order valence-corrected chi connectivity index (χ2v) is 5.01. The lowest BCUT2D eigenvalue weighted by Gasteiger charge is -2.01. The van der Waals surface area contributed by atoms with Crippen molar-refractivity contribution >= 4 is 22.4 Å². The zero-order chi connectivity index (χ0) is 16.0. The van der Waals surface area contributed by atoms with E-state index in [2.05, 4.69) is 15.3 Å². The van der Waals surface area contributed by atoms with Gasteiger partial charge in [0.15, 0.2) is 5.76 Å². The number of nitriles is 1. The van der Waals surface area contributed by atoms with Crippen LogP contribution in [0, 0.1) is 11.3 Å². The highest BCUT2D eigenvalue weighted by molar-refractivity contribution is 5.86. The topological polar surface area (TPSA) is 99.4 Å². The first-order chi connectivity index (χ1) is 11.2. The number of fused-ring (bicyclic) bond motifs is 2. The highest BCUT2D eigenvalue weighted by Crippen LogP contribution is 2.33. The Labute approximate surface area is 130 Å². The van der Waals surface area contributed by atoms with Crippen molar-refractivity contribution in [3.05, 3.63) is 42.4 Å². The summed E-state index contributed by atoms with van der Waals surface area (Å²) in [5.74, 6) is 1.45. The molecule has 3 aromatic heterocycles. The molecule has 0 unspecified atom stereocenters. The Morgan fingerprint density at radius 1 is 1.30 bits per heavy atom. The van der Waals surface area contributed by atoms with Gasteiger partial charge in [-0.2, -0.15) is 5.26 Å². The van der Waals surface area contributed by atoms with Gasteiger partial charge in [0.2, 0.25) is 0 Å². The van der Waals surface area contributed by atoms with E-state index in [1.807, 2.05) is 12.1 Å². The average Bonchev–Trinajstić information content (AvgIpc) is 3.13. The molecule has 1 aromatic carbocycles. The Morgan fingerprint density at radius 2 is 2.17 bits per heavy atom. The number of phenolic OH excluding ortho intramolecular Hbond substituents is 1. The van der Waals surface area contributed by atoms with E-state index >= 15 is 0 Å². The zero-order valence-corrected chi connectivity index (χ0v) is 12.1. The maximum atomic E-state index is 9.57. The van der Waals surface area contributed by atoms with Gasteiger partial charge in [0, 0.05) is 18.5 Å². The van der Waals surface area contributed by atoms with Crippen LogP contribution in [-0.2, 0) is 0 Å². The minimum Gasteiger partial charge on any atom is -0.508 e. The van der Waals surface area contributed by atoms with Crippen molar-refractivity contribution in [1.29, 1.82) is 5.26 Å². The van der Waals surface area contributed by atoms with Crippen molar-refractivity contribution in [2.24, 2.45) is 0 Å². The monoisotopic (exact) mass is 305 g/mol. The zero-order valence-electron chi connectivity index (χ0n) is 12.1. The summed E-state index contributed by atoms with van der Waals surface area (Å²) >= 11 is 0.